The lowest BCUT2D eigenvalue weighted by Crippen LogP contribution is -2.56. The molecule has 84 valence electrons. The molecule has 0 aromatic heterocycles. The molecule has 1 saturated heterocycles. The van der Waals surface area contributed by atoms with E-state index in [1.165, 1.54) is 0 Å². The molecule has 1 heterocycles. The van der Waals surface area contributed by atoms with Crippen LogP contribution in [-0.4, -0.2) is 35.5 Å². The first-order valence-corrected chi connectivity index (χ1v) is 5.50. The summed E-state index contributed by atoms with van der Waals surface area (Å²) in [6.45, 7) is 7.87. The van der Waals surface area contributed by atoms with Crippen molar-refractivity contribution < 1.29 is 10.2 Å². The molecule has 0 aliphatic carbocycles. The van der Waals surface area contributed by atoms with Gasteiger partial charge in [-0.1, -0.05) is 20.8 Å². The monoisotopic (exact) mass is 201 g/mol. The zero-order valence-electron chi connectivity index (χ0n) is 9.51. The van der Waals surface area contributed by atoms with Gasteiger partial charge in [0, 0.05) is 5.41 Å². The van der Waals surface area contributed by atoms with E-state index >= 15 is 0 Å². The Hall–Kier alpha value is -0.120. The normalized spacial score (nSPS) is 26.1. The van der Waals surface area contributed by atoms with Gasteiger partial charge in [0.15, 0.2) is 0 Å². The molecule has 1 unspecified atom stereocenters. The lowest BCUT2D eigenvalue weighted by atomic mass is 9.63. The smallest absolute Gasteiger partial charge is 0.0749 e. The summed E-state index contributed by atoms with van der Waals surface area (Å²) in [5, 5.41) is 23.3. The van der Waals surface area contributed by atoms with Crippen LogP contribution in [0.15, 0.2) is 0 Å². The van der Waals surface area contributed by atoms with Crippen molar-refractivity contribution >= 4 is 0 Å². The van der Waals surface area contributed by atoms with Crippen LogP contribution in [0.5, 0.6) is 0 Å². The Morgan fingerprint density at radius 1 is 1.36 bits per heavy atom. The molecule has 0 bridgehead atoms. The Morgan fingerprint density at radius 3 is 2.21 bits per heavy atom. The van der Waals surface area contributed by atoms with Crippen molar-refractivity contribution in [3.63, 3.8) is 0 Å². The Kier molecular flexibility index (Phi) is 3.56. The lowest BCUT2D eigenvalue weighted by molar-refractivity contribution is -0.139. The van der Waals surface area contributed by atoms with Gasteiger partial charge < -0.3 is 15.5 Å². The van der Waals surface area contributed by atoms with E-state index in [0.717, 1.165) is 25.9 Å². The van der Waals surface area contributed by atoms with Crippen molar-refractivity contribution in [2.75, 3.05) is 19.7 Å². The minimum Gasteiger partial charge on any atom is -0.396 e. The number of hydrogen-bond acceptors (Lipinski definition) is 3. The predicted octanol–water partition coefficient (Wildman–Crippen LogP) is 0.755. The summed E-state index contributed by atoms with van der Waals surface area (Å²) in [5.74, 6) is 0.288. The maximum absolute atomic E-state index is 10.6. The Balaban J connectivity index is 2.85. The van der Waals surface area contributed by atoms with Crippen LogP contribution < -0.4 is 5.32 Å². The summed E-state index contributed by atoms with van der Waals surface area (Å²) >= 11 is 0. The second kappa shape index (κ2) is 4.17. The van der Waals surface area contributed by atoms with E-state index in [0.29, 0.717) is 0 Å². The molecule has 0 spiro atoms. The topological polar surface area (TPSA) is 52.5 Å². The van der Waals surface area contributed by atoms with E-state index in [1.54, 1.807) is 0 Å². The van der Waals surface area contributed by atoms with Gasteiger partial charge in [0.2, 0.25) is 0 Å². The maximum atomic E-state index is 10.6. The second-order valence-corrected chi connectivity index (χ2v) is 5.01. The fourth-order valence-electron chi connectivity index (χ4n) is 2.28. The molecule has 3 N–H and O–H groups in total. The quantitative estimate of drug-likeness (QED) is 0.632. The Labute approximate surface area is 86.5 Å². The highest BCUT2D eigenvalue weighted by Crippen LogP contribution is 2.43. The van der Waals surface area contributed by atoms with Crippen LogP contribution in [0.3, 0.4) is 0 Å². The average Bonchev–Trinajstić information content (AvgIpc) is 2.17. The summed E-state index contributed by atoms with van der Waals surface area (Å²) < 4.78 is 0. The molecule has 0 radical (unpaired) electrons. The third-order valence-corrected chi connectivity index (χ3v) is 4.10. The number of nitrogens with one attached hydrogen (secondary N) is 1. The SMILES string of the molecule is CC(C)C(C)(CO)C1(O)CCNCC1. The maximum Gasteiger partial charge on any atom is 0.0749 e. The van der Waals surface area contributed by atoms with Crippen molar-refractivity contribution in [3.05, 3.63) is 0 Å². The summed E-state index contributed by atoms with van der Waals surface area (Å²) in [6, 6.07) is 0. The lowest BCUT2D eigenvalue weighted by Gasteiger charge is -2.49. The first-order valence-electron chi connectivity index (χ1n) is 5.50. The average molecular weight is 201 g/mol. The molecule has 3 heteroatoms. The molecular weight excluding hydrogens is 178 g/mol. The van der Waals surface area contributed by atoms with Gasteiger partial charge in [-0.3, -0.25) is 0 Å². The molecule has 1 atom stereocenters. The van der Waals surface area contributed by atoms with Crippen LogP contribution >= 0.6 is 0 Å². The molecular formula is C11H23NO2. The van der Waals surface area contributed by atoms with E-state index in [-0.39, 0.29) is 17.9 Å². The summed E-state index contributed by atoms with van der Waals surface area (Å²) in [5.41, 5.74) is -1.09. The Bertz CT molecular complexity index is 188. The van der Waals surface area contributed by atoms with Gasteiger partial charge >= 0.3 is 0 Å². The highest BCUT2D eigenvalue weighted by Gasteiger charge is 2.48. The highest BCUT2D eigenvalue weighted by atomic mass is 16.3. The molecule has 0 saturated carbocycles. The standard InChI is InChI=1S/C11H23NO2/c1-9(2)10(3,8-13)11(14)4-6-12-7-5-11/h9,12-14H,4-8H2,1-3H3. The van der Waals surface area contributed by atoms with Crippen LogP contribution in [0.4, 0.5) is 0 Å². The van der Waals surface area contributed by atoms with Crippen molar-refractivity contribution in [2.45, 2.75) is 39.2 Å². The molecule has 0 aromatic carbocycles. The van der Waals surface area contributed by atoms with Gasteiger partial charge in [-0.15, -0.1) is 0 Å². The fraction of sp³-hybridized carbons (Fsp3) is 1.00. The molecule has 1 aliphatic heterocycles. The number of rotatable bonds is 3. The predicted molar refractivity (Wildman–Crippen MR) is 57.1 cm³/mol. The molecule has 0 aromatic rings. The second-order valence-electron chi connectivity index (χ2n) is 5.01. The number of aliphatic hydroxyl groups excluding tert-OH is 1. The van der Waals surface area contributed by atoms with Gasteiger partial charge in [-0.25, -0.2) is 0 Å². The molecule has 1 fully saturated rings. The van der Waals surface area contributed by atoms with Gasteiger partial charge in [0.05, 0.1) is 12.2 Å². The van der Waals surface area contributed by atoms with E-state index in [4.69, 9.17) is 0 Å². The third kappa shape index (κ3) is 1.81. The van der Waals surface area contributed by atoms with Crippen molar-refractivity contribution in [1.29, 1.82) is 0 Å². The van der Waals surface area contributed by atoms with Gasteiger partial charge in [0.25, 0.3) is 0 Å². The number of hydrogen-bond donors (Lipinski definition) is 3. The van der Waals surface area contributed by atoms with Crippen LogP contribution in [0.25, 0.3) is 0 Å². The zero-order valence-corrected chi connectivity index (χ0v) is 9.51. The molecule has 14 heavy (non-hydrogen) atoms. The first-order chi connectivity index (χ1) is 6.46. The number of aliphatic hydroxyl groups is 2. The minimum absolute atomic E-state index is 0.0567. The fourth-order valence-corrected chi connectivity index (χ4v) is 2.28. The summed E-state index contributed by atoms with van der Waals surface area (Å²) in [7, 11) is 0. The first kappa shape index (κ1) is 12.0. The largest absolute Gasteiger partial charge is 0.396 e. The van der Waals surface area contributed by atoms with Gasteiger partial charge in [-0.05, 0) is 31.8 Å². The van der Waals surface area contributed by atoms with Crippen molar-refractivity contribution in [1.82, 2.24) is 5.32 Å². The molecule has 3 nitrogen and oxygen atoms in total. The summed E-state index contributed by atoms with van der Waals surface area (Å²) in [4.78, 5) is 0. The zero-order chi connectivity index (χ0) is 10.8. The van der Waals surface area contributed by atoms with Crippen LogP contribution in [0, 0.1) is 11.3 Å². The highest BCUT2D eigenvalue weighted by molar-refractivity contribution is 5.00. The van der Waals surface area contributed by atoms with Crippen molar-refractivity contribution in [3.8, 4) is 0 Å². The van der Waals surface area contributed by atoms with Crippen LogP contribution in [0.1, 0.15) is 33.6 Å². The van der Waals surface area contributed by atoms with E-state index < -0.39 is 5.60 Å². The van der Waals surface area contributed by atoms with Crippen LogP contribution in [0.2, 0.25) is 0 Å². The van der Waals surface area contributed by atoms with Gasteiger partial charge in [0.1, 0.15) is 0 Å². The third-order valence-electron chi connectivity index (χ3n) is 4.10. The molecule has 1 aliphatic rings. The summed E-state index contributed by atoms with van der Waals surface area (Å²) in [6.07, 6.45) is 1.48. The molecule has 0 amide bonds. The molecule has 1 rings (SSSR count). The minimum atomic E-state index is -0.707. The van der Waals surface area contributed by atoms with E-state index in [9.17, 15) is 10.2 Å². The number of piperidine rings is 1. The van der Waals surface area contributed by atoms with Crippen molar-refractivity contribution in [2.24, 2.45) is 11.3 Å². The van der Waals surface area contributed by atoms with Gasteiger partial charge in [-0.2, -0.15) is 0 Å². The van der Waals surface area contributed by atoms with E-state index in [2.05, 4.69) is 19.2 Å². The van der Waals surface area contributed by atoms with E-state index in [1.807, 2.05) is 6.92 Å². The van der Waals surface area contributed by atoms with Crippen LogP contribution in [-0.2, 0) is 0 Å². The Morgan fingerprint density at radius 2 is 1.86 bits per heavy atom.